The molecule has 2 rings (SSSR count). The lowest BCUT2D eigenvalue weighted by Gasteiger charge is -2.35. The van der Waals surface area contributed by atoms with Gasteiger partial charge in [-0.25, -0.2) is 4.79 Å². The lowest BCUT2D eigenvalue weighted by atomic mass is 9.91. The van der Waals surface area contributed by atoms with Crippen molar-refractivity contribution in [1.29, 1.82) is 0 Å². The number of rotatable bonds is 3. The minimum Gasteiger partial charge on any atom is -0.479 e. The van der Waals surface area contributed by atoms with E-state index in [-0.39, 0.29) is 31.8 Å². The van der Waals surface area contributed by atoms with Crippen LogP contribution in [0.3, 0.4) is 0 Å². The summed E-state index contributed by atoms with van der Waals surface area (Å²) in [4.78, 5) is 24.9. The van der Waals surface area contributed by atoms with Crippen molar-refractivity contribution in [3.05, 3.63) is 35.4 Å². The van der Waals surface area contributed by atoms with E-state index in [9.17, 15) is 14.7 Å². The van der Waals surface area contributed by atoms with Gasteiger partial charge in [-0.15, -0.1) is 0 Å². The molecule has 1 aliphatic rings. The molecule has 0 bridgehead atoms. The second-order valence-electron chi connectivity index (χ2n) is 5.18. The van der Waals surface area contributed by atoms with Gasteiger partial charge in [0.1, 0.15) is 0 Å². The molecule has 0 saturated carbocycles. The van der Waals surface area contributed by atoms with E-state index in [0.717, 1.165) is 12.0 Å². The normalized spacial score (nSPS) is 16.5. The van der Waals surface area contributed by atoms with Gasteiger partial charge in [0, 0.05) is 31.5 Å². The molecule has 5 nitrogen and oxygen atoms in total. The van der Waals surface area contributed by atoms with Crippen LogP contribution in [0, 0.1) is 0 Å². The summed E-state index contributed by atoms with van der Waals surface area (Å²) in [5.41, 5.74) is 0.0159. The largest absolute Gasteiger partial charge is 0.479 e. The topological polar surface area (TPSA) is 77.8 Å². The number of hydrogen-bond acceptors (Lipinski definition) is 3. The molecular weight excluding hydrogens is 282 g/mol. The van der Waals surface area contributed by atoms with E-state index in [2.05, 4.69) is 0 Å². The van der Waals surface area contributed by atoms with E-state index < -0.39 is 11.6 Å². The van der Waals surface area contributed by atoms with E-state index in [1.807, 2.05) is 39.0 Å². The van der Waals surface area contributed by atoms with Crippen LogP contribution in [0.25, 0.3) is 0 Å². The highest BCUT2D eigenvalue weighted by Gasteiger charge is 2.40. The second kappa shape index (κ2) is 7.94. The Morgan fingerprint density at radius 1 is 1.23 bits per heavy atom. The third-order valence-electron chi connectivity index (χ3n) is 3.86. The fourth-order valence-electron chi connectivity index (χ4n) is 2.40. The summed E-state index contributed by atoms with van der Waals surface area (Å²) in [5.74, 6) is -1.31. The van der Waals surface area contributed by atoms with E-state index in [1.165, 1.54) is 0 Å². The fourth-order valence-corrected chi connectivity index (χ4v) is 2.40. The maximum absolute atomic E-state index is 12.3. The third kappa shape index (κ3) is 4.07. The first-order chi connectivity index (χ1) is 10.5. The number of likely N-dealkylation sites (tertiary alicyclic amines) is 1. The fraction of sp³-hybridized carbons (Fsp3) is 0.529. The first-order valence-corrected chi connectivity index (χ1v) is 7.80. The predicted octanol–water partition coefficient (Wildman–Crippen LogP) is 2.33. The summed E-state index contributed by atoms with van der Waals surface area (Å²) in [6.45, 7) is 6.55. The zero-order chi connectivity index (χ0) is 16.8. The number of carboxylic acid groups (broad SMARTS) is 1. The quantitative estimate of drug-likeness (QED) is 0.898. The van der Waals surface area contributed by atoms with Crippen molar-refractivity contribution in [2.24, 2.45) is 0 Å². The number of amides is 1. The Kier molecular flexibility index (Phi) is 6.56. The second-order valence-corrected chi connectivity index (χ2v) is 5.18. The Morgan fingerprint density at radius 3 is 2.32 bits per heavy atom. The molecule has 1 aliphatic heterocycles. The van der Waals surface area contributed by atoms with Gasteiger partial charge in [-0.3, -0.25) is 4.79 Å². The van der Waals surface area contributed by atoms with E-state index >= 15 is 0 Å². The predicted molar refractivity (Wildman–Crippen MR) is 84.9 cm³/mol. The third-order valence-corrected chi connectivity index (χ3v) is 3.86. The highest BCUT2D eigenvalue weighted by molar-refractivity contribution is 5.94. The number of nitrogens with zero attached hydrogens (tertiary/aromatic N) is 1. The molecule has 22 heavy (non-hydrogen) atoms. The average molecular weight is 307 g/mol. The number of aryl methyl sites for hydroxylation is 1. The van der Waals surface area contributed by atoms with Crippen molar-refractivity contribution in [2.75, 3.05) is 13.1 Å². The smallest absolute Gasteiger partial charge is 0.335 e. The number of aliphatic hydroxyl groups is 1. The molecule has 1 saturated heterocycles. The Hall–Kier alpha value is -1.88. The number of piperidine rings is 1. The summed E-state index contributed by atoms with van der Waals surface area (Å²) in [5, 5.41) is 18.8. The van der Waals surface area contributed by atoms with Crippen LogP contribution >= 0.6 is 0 Å². The molecule has 1 heterocycles. The van der Waals surface area contributed by atoms with Crippen molar-refractivity contribution in [3.8, 4) is 0 Å². The van der Waals surface area contributed by atoms with E-state index in [0.29, 0.717) is 5.56 Å². The highest BCUT2D eigenvalue weighted by atomic mass is 16.4. The van der Waals surface area contributed by atoms with Crippen molar-refractivity contribution >= 4 is 11.9 Å². The molecule has 0 aromatic heterocycles. The Bertz CT molecular complexity index is 519. The minimum atomic E-state index is -1.69. The van der Waals surface area contributed by atoms with Gasteiger partial charge < -0.3 is 15.1 Å². The van der Waals surface area contributed by atoms with Crippen LogP contribution in [0.4, 0.5) is 0 Å². The van der Waals surface area contributed by atoms with Gasteiger partial charge in [-0.1, -0.05) is 32.9 Å². The van der Waals surface area contributed by atoms with Crippen LogP contribution in [-0.2, 0) is 11.2 Å². The molecule has 0 atom stereocenters. The van der Waals surface area contributed by atoms with Gasteiger partial charge in [-0.05, 0) is 24.1 Å². The first-order valence-electron chi connectivity index (χ1n) is 7.80. The Labute approximate surface area is 131 Å². The van der Waals surface area contributed by atoms with Gasteiger partial charge in [0.15, 0.2) is 5.60 Å². The molecule has 0 spiro atoms. The van der Waals surface area contributed by atoms with E-state index in [4.69, 9.17) is 5.11 Å². The summed E-state index contributed by atoms with van der Waals surface area (Å²) in [6, 6.07) is 7.44. The molecule has 1 amide bonds. The minimum absolute atomic E-state index is 0.0710. The van der Waals surface area contributed by atoms with E-state index in [1.54, 1.807) is 11.0 Å². The molecular formula is C17H25NO4. The molecule has 0 aliphatic carbocycles. The molecule has 2 N–H and O–H groups in total. The molecule has 1 aromatic carbocycles. The molecule has 0 unspecified atom stereocenters. The highest BCUT2D eigenvalue weighted by Crippen LogP contribution is 2.23. The standard InChI is InChI=1S/C15H19NO4.C2H6/c1-2-11-4-3-5-12(10-11)13(17)16-8-6-15(20,7-9-16)14(18)19;1-2/h3-5,10,20H,2,6-9H2,1H3,(H,18,19);1-2H3. The Morgan fingerprint density at radius 2 is 1.82 bits per heavy atom. The lowest BCUT2D eigenvalue weighted by Crippen LogP contribution is -2.50. The van der Waals surface area contributed by atoms with Crippen molar-refractivity contribution in [3.63, 3.8) is 0 Å². The van der Waals surface area contributed by atoms with Crippen molar-refractivity contribution in [1.82, 2.24) is 4.90 Å². The van der Waals surface area contributed by atoms with Gasteiger partial charge >= 0.3 is 5.97 Å². The molecule has 0 radical (unpaired) electrons. The van der Waals surface area contributed by atoms with Crippen LogP contribution < -0.4 is 0 Å². The van der Waals surface area contributed by atoms with Gasteiger partial charge in [0.05, 0.1) is 0 Å². The molecule has 122 valence electrons. The number of carboxylic acids is 1. The monoisotopic (exact) mass is 307 g/mol. The van der Waals surface area contributed by atoms with Crippen LogP contribution in [0.5, 0.6) is 0 Å². The number of aliphatic carboxylic acids is 1. The lowest BCUT2D eigenvalue weighted by molar-refractivity contribution is -0.162. The van der Waals surface area contributed by atoms with Crippen LogP contribution in [-0.4, -0.2) is 45.7 Å². The van der Waals surface area contributed by atoms with Crippen LogP contribution in [0.15, 0.2) is 24.3 Å². The number of benzene rings is 1. The Balaban J connectivity index is 0.00000116. The first kappa shape index (κ1) is 18.2. The van der Waals surface area contributed by atoms with Crippen molar-refractivity contribution < 1.29 is 19.8 Å². The average Bonchev–Trinajstić information content (AvgIpc) is 2.56. The summed E-state index contributed by atoms with van der Waals surface area (Å²) >= 11 is 0. The van der Waals surface area contributed by atoms with Crippen LogP contribution in [0.2, 0.25) is 0 Å². The molecule has 1 fully saturated rings. The summed E-state index contributed by atoms with van der Waals surface area (Å²) in [7, 11) is 0. The number of carbonyl (C=O) groups is 2. The zero-order valence-electron chi connectivity index (χ0n) is 13.5. The van der Waals surface area contributed by atoms with Crippen molar-refractivity contribution in [2.45, 2.75) is 45.6 Å². The number of hydrogen-bond donors (Lipinski definition) is 2. The van der Waals surface area contributed by atoms with Gasteiger partial charge in [-0.2, -0.15) is 0 Å². The van der Waals surface area contributed by atoms with Gasteiger partial charge in [0.2, 0.25) is 0 Å². The van der Waals surface area contributed by atoms with Gasteiger partial charge in [0.25, 0.3) is 5.91 Å². The summed E-state index contributed by atoms with van der Waals surface area (Å²) in [6.07, 6.45) is 1.00. The SMILES string of the molecule is CC.CCc1cccc(C(=O)N2CCC(O)(C(=O)O)CC2)c1. The maximum atomic E-state index is 12.3. The zero-order valence-corrected chi connectivity index (χ0v) is 13.5. The molecule has 5 heteroatoms. The molecule has 1 aromatic rings. The summed E-state index contributed by atoms with van der Waals surface area (Å²) < 4.78 is 0. The maximum Gasteiger partial charge on any atom is 0.335 e. The number of carbonyl (C=O) groups excluding carboxylic acids is 1. The van der Waals surface area contributed by atoms with Crippen LogP contribution in [0.1, 0.15) is 49.5 Å².